The largest absolute Gasteiger partial charge is 0.280 e. The summed E-state index contributed by atoms with van der Waals surface area (Å²) in [4.78, 5) is 13.5. The predicted molar refractivity (Wildman–Crippen MR) is 114 cm³/mol. The van der Waals surface area contributed by atoms with Gasteiger partial charge in [-0.1, -0.05) is 24.3 Å². The minimum absolute atomic E-state index is 0.0104. The van der Waals surface area contributed by atoms with Crippen molar-refractivity contribution in [3.05, 3.63) is 101 Å². The Morgan fingerprint density at radius 2 is 1.44 bits per heavy atom. The molecule has 4 rings (SSSR count). The van der Waals surface area contributed by atoms with Crippen LogP contribution in [0.5, 0.6) is 0 Å². The fraction of sp³-hybridized carbons (Fsp3) is 0.0435. The molecule has 0 aliphatic carbocycles. The molecule has 32 heavy (non-hydrogen) atoms. The summed E-state index contributed by atoms with van der Waals surface area (Å²) in [5.74, 6) is -2.70. The van der Waals surface area contributed by atoms with Gasteiger partial charge in [0, 0.05) is 17.9 Å². The second kappa shape index (κ2) is 8.08. The van der Waals surface area contributed by atoms with Gasteiger partial charge in [-0.15, -0.1) is 0 Å². The molecule has 0 N–H and O–H groups in total. The van der Waals surface area contributed by atoms with Gasteiger partial charge in [0.2, 0.25) is 0 Å². The lowest BCUT2D eigenvalue weighted by atomic mass is 9.97. The predicted octanol–water partition coefficient (Wildman–Crippen LogP) is 4.39. The zero-order valence-corrected chi connectivity index (χ0v) is 17.4. The van der Waals surface area contributed by atoms with Gasteiger partial charge in [-0.3, -0.25) is 4.79 Å². The van der Waals surface area contributed by atoms with Crippen LogP contribution in [0.2, 0.25) is 0 Å². The Morgan fingerprint density at radius 1 is 0.812 bits per heavy atom. The first kappa shape index (κ1) is 21.5. The van der Waals surface area contributed by atoms with E-state index in [1.54, 1.807) is 0 Å². The molecule has 3 aromatic carbocycles. The first-order valence-corrected chi connectivity index (χ1v) is 11.2. The van der Waals surface area contributed by atoms with Crippen LogP contribution in [0.15, 0.2) is 82.6 Å². The number of sulfone groups is 1. The summed E-state index contributed by atoms with van der Waals surface area (Å²) in [5, 5.41) is 4.09. The number of nitrogens with zero attached hydrogens (tertiary/aromatic N) is 2. The smallest absolute Gasteiger partial charge is 0.267 e. The average molecular weight is 456 g/mol. The maximum Gasteiger partial charge on any atom is 0.280 e. The second-order valence-electron chi connectivity index (χ2n) is 7.05. The third kappa shape index (κ3) is 4.06. The van der Waals surface area contributed by atoms with Crippen LogP contribution in [0.3, 0.4) is 0 Å². The van der Waals surface area contributed by atoms with Crippen molar-refractivity contribution in [2.45, 2.75) is 4.90 Å². The van der Waals surface area contributed by atoms with Gasteiger partial charge in [-0.05, 0) is 47.5 Å². The molecule has 5 nitrogen and oxygen atoms in total. The van der Waals surface area contributed by atoms with Crippen molar-refractivity contribution in [3.8, 4) is 27.9 Å². The summed E-state index contributed by atoms with van der Waals surface area (Å²) in [7, 11) is -3.42. The number of hydrogen-bond donors (Lipinski definition) is 0. The van der Waals surface area contributed by atoms with Crippen LogP contribution in [0.1, 0.15) is 0 Å². The molecule has 0 aliphatic heterocycles. The lowest BCUT2D eigenvalue weighted by Crippen LogP contribution is -2.23. The molecule has 1 aromatic heterocycles. The summed E-state index contributed by atoms with van der Waals surface area (Å²) < 4.78 is 65.0. The molecule has 0 bridgehead atoms. The molecule has 0 atom stereocenters. The molecule has 0 aliphatic rings. The molecule has 0 unspecified atom stereocenters. The quantitative estimate of drug-likeness (QED) is 0.457. The first-order valence-electron chi connectivity index (χ1n) is 9.29. The Labute approximate surface area is 181 Å². The molecule has 0 amide bonds. The van der Waals surface area contributed by atoms with E-state index in [-0.39, 0.29) is 16.1 Å². The molecule has 0 saturated carbocycles. The van der Waals surface area contributed by atoms with Gasteiger partial charge in [0.25, 0.3) is 5.56 Å². The normalized spacial score (nSPS) is 11.5. The van der Waals surface area contributed by atoms with E-state index in [1.807, 2.05) is 0 Å². The second-order valence-corrected chi connectivity index (χ2v) is 9.07. The van der Waals surface area contributed by atoms with E-state index in [4.69, 9.17) is 0 Å². The van der Waals surface area contributed by atoms with E-state index < -0.39 is 32.8 Å². The van der Waals surface area contributed by atoms with Crippen LogP contribution < -0.4 is 5.56 Å². The number of aromatic nitrogens is 2. The van der Waals surface area contributed by atoms with E-state index in [9.17, 15) is 26.4 Å². The minimum Gasteiger partial charge on any atom is -0.267 e. The highest BCUT2D eigenvalue weighted by atomic mass is 32.2. The summed E-state index contributed by atoms with van der Waals surface area (Å²) in [5.41, 5.74) is 0.733. The van der Waals surface area contributed by atoms with Crippen molar-refractivity contribution in [2.75, 3.05) is 6.26 Å². The molecule has 162 valence electrons. The average Bonchev–Trinajstić information content (AvgIpc) is 2.76. The molecule has 0 saturated heterocycles. The summed E-state index contributed by atoms with van der Waals surface area (Å²) >= 11 is 0. The van der Waals surface area contributed by atoms with E-state index in [0.29, 0.717) is 16.7 Å². The summed E-state index contributed by atoms with van der Waals surface area (Å²) in [6, 6.07) is 14.0. The number of benzene rings is 3. The van der Waals surface area contributed by atoms with Crippen molar-refractivity contribution >= 4 is 9.84 Å². The molecule has 0 spiro atoms. The Morgan fingerprint density at radius 3 is 2.03 bits per heavy atom. The molecule has 4 aromatic rings. The molecule has 1 heterocycles. The summed E-state index contributed by atoms with van der Waals surface area (Å²) in [6.45, 7) is 0. The van der Waals surface area contributed by atoms with Crippen molar-refractivity contribution in [1.82, 2.24) is 9.78 Å². The minimum atomic E-state index is -3.42. The maximum absolute atomic E-state index is 13.7. The van der Waals surface area contributed by atoms with Crippen molar-refractivity contribution < 1.29 is 21.6 Å². The number of halogens is 3. The highest BCUT2D eigenvalue weighted by molar-refractivity contribution is 7.90. The molecule has 9 heteroatoms. The lowest BCUT2D eigenvalue weighted by molar-refractivity contribution is 0.507. The Balaban J connectivity index is 1.96. The van der Waals surface area contributed by atoms with Gasteiger partial charge >= 0.3 is 0 Å². The molecule has 0 radical (unpaired) electrons. The van der Waals surface area contributed by atoms with E-state index >= 15 is 0 Å². The third-order valence-electron chi connectivity index (χ3n) is 4.85. The SMILES string of the molecule is CS(=O)(=O)c1ccc(-c2cnn(-c3ccc(F)c(F)c3)c(=O)c2-c2ccc(F)cc2)cc1. The van der Waals surface area contributed by atoms with E-state index in [1.165, 1.54) is 60.8 Å². The van der Waals surface area contributed by atoms with Gasteiger partial charge in [-0.25, -0.2) is 21.6 Å². The van der Waals surface area contributed by atoms with Crippen LogP contribution in [0.4, 0.5) is 13.2 Å². The van der Waals surface area contributed by atoms with Crippen molar-refractivity contribution in [1.29, 1.82) is 0 Å². The lowest BCUT2D eigenvalue weighted by Gasteiger charge is -2.13. The standard InChI is InChI=1S/C23H15F3N2O3S/c1-32(30,31)18-9-4-14(5-10-18)19-13-27-28(17-8-11-20(25)21(26)12-17)23(29)22(19)15-2-6-16(24)7-3-15/h2-13H,1H3. The number of rotatable bonds is 4. The zero-order valence-electron chi connectivity index (χ0n) is 16.6. The Kier molecular flexibility index (Phi) is 5.43. The Hall–Kier alpha value is -3.72. The van der Waals surface area contributed by atoms with Crippen LogP contribution in [-0.2, 0) is 9.84 Å². The monoisotopic (exact) mass is 456 g/mol. The van der Waals surface area contributed by atoms with Crippen LogP contribution in [0.25, 0.3) is 27.9 Å². The van der Waals surface area contributed by atoms with Gasteiger partial charge in [0.05, 0.1) is 22.3 Å². The van der Waals surface area contributed by atoms with Crippen LogP contribution >= 0.6 is 0 Å². The van der Waals surface area contributed by atoms with E-state index in [2.05, 4.69) is 5.10 Å². The topological polar surface area (TPSA) is 69.0 Å². The van der Waals surface area contributed by atoms with Crippen molar-refractivity contribution in [3.63, 3.8) is 0 Å². The van der Waals surface area contributed by atoms with Crippen molar-refractivity contribution in [2.24, 2.45) is 0 Å². The first-order chi connectivity index (χ1) is 15.1. The zero-order chi connectivity index (χ0) is 23.0. The summed E-state index contributed by atoms with van der Waals surface area (Å²) in [6.07, 6.45) is 2.44. The highest BCUT2D eigenvalue weighted by Crippen LogP contribution is 2.30. The molecular formula is C23H15F3N2O3S. The van der Waals surface area contributed by atoms with Gasteiger partial charge in [0.1, 0.15) is 5.82 Å². The highest BCUT2D eigenvalue weighted by Gasteiger charge is 2.18. The van der Waals surface area contributed by atoms with Crippen LogP contribution in [0, 0.1) is 17.5 Å². The maximum atomic E-state index is 13.7. The third-order valence-corrected chi connectivity index (χ3v) is 5.98. The fourth-order valence-electron chi connectivity index (χ4n) is 3.25. The Bertz CT molecular complexity index is 1480. The van der Waals surface area contributed by atoms with Gasteiger partial charge in [0.15, 0.2) is 21.5 Å². The van der Waals surface area contributed by atoms with Gasteiger partial charge in [-0.2, -0.15) is 9.78 Å². The molecular weight excluding hydrogens is 441 g/mol. The number of hydrogen-bond acceptors (Lipinski definition) is 4. The van der Waals surface area contributed by atoms with E-state index in [0.717, 1.165) is 23.1 Å². The molecule has 0 fully saturated rings. The van der Waals surface area contributed by atoms with Gasteiger partial charge < -0.3 is 0 Å². The van der Waals surface area contributed by atoms with Crippen LogP contribution in [-0.4, -0.2) is 24.5 Å². The fourth-order valence-corrected chi connectivity index (χ4v) is 3.88.